The molecule has 0 bridgehead atoms. The van der Waals surface area contributed by atoms with E-state index >= 15 is 0 Å². The van der Waals surface area contributed by atoms with Gasteiger partial charge in [0.25, 0.3) is 0 Å². The van der Waals surface area contributed by atoms with Gasteiger partial charge in [-0.2, -0.15) is 0 Å². The molecule has 0 saturated carbocycles. The molecule has 19 heavy (non-hydrogen) atoms. The molecular weight excluding hydrogens is 280 g/mol. The third-order valence-corrected chi connectivity index (χ3v) is 5.28. The second-order valence-corrected chi connectivity index (χ2v) is 7.37. The van der Waals surface area contributed by atoms with Crippen LogP contribution in [0.3, 0.4) is 0 Å². The average molecular weight is 297 g/mol. The van der Waals surface area contributed by atoms with E-state index < -0.39 is 10.8 Å². The van der Waals surface area contributed by atoms with Crippen LogP contribution in [0.15, 0.2) is 24.3 Å². The van der Waals surface area contributed by atoms with Crippen LogP contribution in [0.25, 0.3) is 11.0 Å². The topological polar surface area (TPSA) is 34.9 Å². The maximum Gasteiger partial charge on any atom is 0.127 e. The van der Waals surface area contributed by atoms with Gasteiger partial charge in [-0.15, -0.1) is 11.6 Å². The number of nitrogens with zero attached hydrogens (tertiary/aromatic N) is 2. The van der Waals surface area contributed by atoms with Crippen LogP contribution >= 0.6 is 11.6 Å². The number of rotatable bonds is 2. The second-order valence-electron chi connectivity index (χ2n) is 5.02. The maximum absolute atomic E-state index is 11.5. The molecule has 0 amide bonds. The lowest BCUT2D eigenvalue weighted by atomic mass is 10.1. The van der Waals surface area contributed by atoms with E-state index in [1.54, 1.807) is 0 Å². The van der Waals surface area contributed by atoms with Gasteiger partial charge in [0, 0.05) is 28.3 Å². The molecule has 3 nitrogen and oxygen atoms in total. The van der Waals surface area contributed by atoms with Crippen molar-refractivity contribution < 1.29 is 4.21 Å². The van der Waals surface area contributed by atoms with E-state index in [9.17, 15) is 4.21 Å². The van der Waals surface area contributed by atoms with Crippen LogP contribution in [0.5, 0.6) is 0 Å². The highest BCUT2D eigenvalue weighted by molar-refractivity contribution is 7.85. The molecule has 2 heterocycles. The molecular formula is C14H17ClN2OS. The molecule has 5 heteroatoms. The number of alkyl halides is 1. The fraction of sp³-hybridized carbons (Fsp3) is 0.500. The normalized spacial score (nSPS) is 25.6. The Morgan fingerprint density at radius 2 is 2.05 bits per heavy atom. The molecule has 3 rings (SSSR count). The van der Waals surface area contributed by atoms with Gasteiger partial charge in [0.05, 0.1) is 16.4 Å². The Morgan fingerprint density at radius 3 is 2.74 bits per heavy atom. The van der Waals surface area contributed by atoms with E-state index in [1.165, 1.54) is 0 Å². The summed E-state index contributed by atoms with van der Waals surface area (Å²) < 4.78 is 13.8. The number of imidazole rings is 1. The van der Waals surface area contributed by atoms with Gasteiger partial charge in [-0.05, 0) is 31.9 Å². The van der Waals surface area contributed by atoms with Gasteiger partial charge >= 0.3 is 0 Å². The largest absolute Gasteiger partial charge is 0.324 e. The summed E-state index contributed by atoms with van der Waals surface area (Å²) in [5, 5.41) is -0.111. The summed E-state index contributed by atoms with van der Waals surface area (Å²) in [6.45, 7) is 1.96. The summed E-state index contributed by atoms with van der Waals surface area (Å²) in [6.07, 6.45) is 1.90. The zero-order valence-corrected chi connectivity index (χ0v) is 12.5. The lowest BCUT2D eigenvalue weighted by molar-refractivity contribution is 0.457. The number of fused-ring (bicyclic) bond motifs is 1. The van der Waals surface area contributed by atoms with Crippen molar-refractivity contribution in [1.82, 2.24) is 9.55 Å². The monoisotopic (exact) mass is 296 g/mol. The zero-order chi connectivity index (χ0) is 13.4. The molecule has 0 spiro atoms. The minimum atomic E-state index is -0.640. The van der Waals surface area contributed by atoms with E-state index in [4.69, 9.17) is 11.6 Å². The molecule has 1 atom stereocenters. The van der Waals surface area contributed by atoms with Crippen molar-refractivity contribution in [3.8, 4) is 0 Å². The fourth-order valence-electron chi connectivity index (χ4n) is 2.77. The van der Waals surface area contributed by atoms with Crippen LogP contribution in [-0.4, -0.2) is 25.3 Å². The molecule has 0 aliphatic carbocycles. The molecule has 1 aliphatic rings. The van der Waals surface area contributed by atoms with Crippen molar-refractivity contribution in [2.75, 3.05) is 11.5 Å². The third-order valence-electron chi connectivity index (χ3n) is 3.70. The highest BCUT2D eigenvalue weighted by Gasteiger charge is 2.25. The van der Waals surface area contributed by atoms with Gasteiger partial charge in [-0.3, -0.25) is 4.21 Å². The van der Waals surface area contributed by atoms with Crippen molar-refractivity contribution >= 4 is 33.4 Å². The van der Waals surface area contributed by atoms with Crippen LogP contribution in [0.4, 0.5) is 0 Å². The fourth-order valence-corrected chi connectivity index (χ4v) is 4.20. The van der Waals surface area contributed by atoms with E-state index in [1.807, 2.05) is 25.1 Å². The van der Waals surface area contributed by atoms with Gasteiger partial charge in [-0.1, -0.05) is 12.1 Å². The Balaban J connectivity index is 2.09. The molecule has 1 aromatic heterocycles. The van der Waals surface area contributed by atoms with Gasteiger partial charge in [0.15, 0.2) is 0 Å². The molecule has 0 radical (unpaired) electrons. The zero-order valence-electron chi connectivity index (χ0n) is 10.9. The first-order chi connectivity index (χ1) is 9.16. The summed E-state index contributed by atoms with van der Waals surface area (Å²) in [7, 11) is -0.640. The van der Waals surface area contributed by atoms with Crippen molar-refractivity contribution in [3.05, 3.63) is 30.1 Å². The quantitative estimate of drug-likeness (QED) is 0.796. The SMILES string of the molecule is CC(Cl)c1nc2ccccc2n1C1CCS(=O)CC1. The van der Waals surface area contributed by atoms with Crippen LogP contribution < -0.4 is 0 Å². The van der Waals surface area contributed by atoms with Crippen molar-refractivity contribution in [3.63, 3.8) is 0 Å². The van der Waals surface area contributed by atoms with E-state index in [-0.39, 0.29) is 5.38 Å². The molecule has 1 aromatic carbocycles. The van der Waals surface area contributed by atoms with E-state index in [0.717, 1.165) is 41.2 Å². The third kappa shape index (κ3) is 2.43. The Morgan fingerprint density at radius 1 is 1.37 bits per heavy atom. The van der Waals surface area contributed by atoms with Gasteiger partial charge in [0.2, 0.25) is 0 Å². The van der Waals surface area contributed by atoms with Gasteiger partial charge < -0.3 is 4.57 Å². The number of benzene rings is 1. The smallest absolute Gasteiger partial charge is 0.127 e. The predicted octanol–water partition coefficient (Wildman–Crippen LogP) is 3.42. The second kappa shape index (κ2) is 5.25. The minimum absolute atomic E-state index is 0.111. The van der Waals surface area contributed by atoms with Crippen LogP contribution in [0, 0.1) is 0 Å². The number of aromatic nitrogens is 2. The molecule has 1 aliphatic heterocycles. The van der Waals surface area contributed by atoms with Crippen LogP contribution in [-0.2, 0) is 10.8 Å². The molecule has 1 fully saturated rings. The molecule has 1 saturated heterocycles. The molecule has 1 unspecified atom stereocenters. The summed E-state index contributed by atoms with van der Waals surface area (Å²) in [5.74, 6) is 2.50. The minimum Gasteiger partial charge on any atom is -0.324 e. The van der Waals surface area contributed by atoms with Gasteiger partial charge in [-0.25, -0.2) is 4.98 Å². The summed E-state index contributed by atoms with van der Waals surface area (Å²) in [4.78, 5) is 4.66. The molecule has 102 valence electrons. The lowest BCUT2D eigenvalue weighted by Gasteiger charge is -2.25. The summed E-state index contributed by atoms with van der Waals surface area (Å²) in [5.41, 5.74) is 2.14. The average Bonchev–Trinajstić information content (AvgIpc) is 2.79. The summed E-state index contributed by atoms with van der Waals surface area (Å²) in [6, 6.07) is 8.52. The predicted molar refractivity (Wildman–Crippen MR) is 80.1 cm³/mol. The standard InChI is InChI=1S/C14H17ClN2OS/c1-10(15)14-16-12-4-2-3-5-13(12)17(14)11-6-8-19(18)9-7-11/h2-5,10-11H,6-9H2,1H3. The van der Waals surface area contributed by atoms with E-state index in [2.05, 4.69) is 15.6 Å². The highest BCUT2D eigenvalue weighted by atomic mass is 35.5. The van der Waals surface area contributed by atoms with Gasteiger partial charge in [0.1, 0.15) is 5.82 Å². The Labute approximate surface area is 120 Å². The number of halogens is 1. The Bertz CT molecular complexity index is 613. The van der Waals surface area contributed by atoms with E-state index in [0.29, 0.717) is 6.04 Å². The maximum atomic E-state index is 11.5. The molecule has 0 N–H and O–H groups in total. The first kappa shape index (κ1) is 13.1. The number of hydrogen-bond donors (Lipinski definition) is 0. The van der Waals surface area contributed by atoms with Crippen molar-refractivity contribution in [2.24, 2.45) is 0 Å². The highest BCUT2D eigenvalue weighted by Crippen LogP contribution is 2.32. The van der Waals surface area contributed by atoms with Crippen molar-refractivity contribution in [1.29, 1.82) is 0 Å². The Kier molecular flexibility index (Phi) is 3.63. The van der Waals surface area contributed by atoms with Crippen LogP contribution in [0.1, 0.15) is 37.0 Å². The summed E-state index contributed by atoms with van der Waals surface area (Å²) >= 11 is 6.28. The Hall–Kier alpha value is -0.870. The van der Waals surface area contributed by atoms with Crippen molar-refractivity contribution in [2.45, 2.75) is 31.2 Å². The number of para-hydroxylation sites is 2. The first-order valence-corrected chi connectivity index (χ1v) is 8.55. The number of hydrogen-bond acceptors (Lipinski definition) is 2. The van der Waals surface area contributed by atoms with Crippen LogP contribution in [0.2, 0.25) is 0 Å². The first-order valence-electron chi connectivity index (χ1n) is 6.62. The lowest BCUT2D eigenvalue weighted by Crippen LogP contribution is -2.23. The molecule has 2 aromatic rings.